The van der Waals surface area contributed by atoms with Crippen LogP contribution in [0.25, 0.3) is 11.2 Å². The fourth-order valence-corrected chi connectivity index (χ4v) is 5.58. The van der Waals surface area contributed by atoms with Gasteiger partial charge in [-0.2, -0.15) is 15.1 Å². The Morgan fingerprint density at radius 1 is 1.30 bits per heavy atom. The van der Waals surface area contributed by atoms with E-state index in [1.807, 2.05) is 0 Å². The molecule has 40 heavy (non-hydrogen) atoms. The van der Waals surface area contributed by atoms with Gasteiger partial charge in [-0.1, -0.05) is 18.2 Å². The fraction of sp³-hybridized carbons (Fsp3) is 0.500. The Bertz CT molecular complexity index is 1390. The highest BCUT2D eigenvalue weighted by Gasteiger charge is 2.56. The molecule has 1 aliphatic rings. The molecule has 0 radical (unpaired) electrons. The van der Waals surface area contributed by atoms with Gasteiger partial charge in [-0.3, -0.25) is 13.9 Å². The Balaban J connectivity index is 1.56. The van der Waals surface area contributed by atoms with Crippen molar-refractivity contribution in [3.05, 3.63) is 36.7 Å². The molecule has 0 saturated carbocycles. The predicted octanol–water partition coefficient (Wildman–Crippen LogP) is 2.54. The molecule has 4 rings (SSSR count). The van der Waals surface area contributed by atoms with E-state index in [0.717, 1.165) is 6.92 Å². The number of nitrogens with two attached hydrogens (primary N) is 1. The molecule has 2 aromatic heterocycles. The van der Waals surface area contributed by atoms with Gasteiger partial charge in [0.15, 0.2) is 23.1 Å². The largest absolute Gasteiger partial charge is 0.479 e. The average Bonchev–Trinajstić information content (AvgIpc) is 3.40. The zero-order valence-electron chi connectivity index (χ0n) is 22.6. The standard InChI is InChI=1S/C24H32FN6O8P/c1-13(2)37-21(33)14(3)30-40(34,39-15-9-7-6-8-10-15)36-11-16-18(32)24(4,25)22(38-16)31-12-27-17-19(31)28-23(26)29-20(17)35-5/h6-10,12-14,16,18,22,32H,11H2,1-5H3,(H,30,34)(H2,26,28,29)/t14-,16?,18+,22+,24+,40-/m0/s1. The molecule has 1 saturated heterocycles. The number of alkyl halides is 1. The third-order valence-corrected chi connectivity index (χ3v) is 7.65. The molecule has 0 bridgehead atoms. The number of halogens is 1. The maximum absolute atomic E-state index is 15.9. The smallest absolute Gasteiger partial charge is 0.459 e. The van der Waals surface area contributed by atoms with Crippen molar-refractivity contribution >= 4 is 30.8 Å². The number of aliphatic hydroxyl groups is 1. The monoisotopic (exact) mass is 582 g/mol. The summed E-state index contributed by atoms with van der Waals surface area (Å²) in [7, 11) is -2.92. The summed E-state index contributed by atoms with van der Waals surface area (Å²) >= 11 is 0. The van der Waals surface area contributed by atoms with Gasteiger partial charge >= 0.3 is 13.7 Å². The number of esters is 1. The van der Waals surface area contributed by atoms with Crippen molar-refractivity contribution in [2.45, 2.75) is 63.9 Å². The van der Waals surface area contributed by atoms with Crippen molar-refractivity contribution in [1.82, 2.24) is 24.6 Å². The van der Waals surface area contributed by atoms with E-state index < -0.39 is 56.6 Å². The third kappa shape index (κ3) is 6.18. The summed E-state index contributed by atoms with van der Waals surface area (Å²) in [6.07, 6.45) is -3.63. The molecule has 0 spiro atoms. The molecule has 218 valence electrons. The maximum Gasteiger partial charge on any atom is 0.459 e. The van der Waals surface area contributed by atoms with Crippen LogP contribution in [0.5, 0.6) is 11.6 Å². The van der Waals surface area contributed by atoms with E-state index in [-0.39, 0.29) is 28.7 Å². The van der Waals surface area contributed by atoms with Crippen molar-refractivity contribution in [3.8, 4) is 11.6 Å². The minimum atomic E-state index is -4.29. The molecule has 1 fully saturated rings. The Morgan fingerprint density at radius 3 is 2.65 bits per heavy atom. The average molecular weight is 583 g/mol. The van der Waals surface area contributed by atoms with Gasteiger partial charge in [0.05, 0.1) is 26.1 Å². The SMILES string of the molecule is COc1nc(N)nc2c1ncn2[C@@H]1OC(CO[P@@](=O)(N[C@@H](C)C(=O)OC(C)C)Oc2ccccc2)[C@@H](O)[C@@]1(C)F. The van der Waals surface area contributed by atoms with E-state index in [0.29, 0.717) is 0 Å². The van der Waals surface area contributed by atoms with Crippen molar-refractivity contribution in [3.63, 3.8) is 0 Å². The maximum atomic E-state index is 15.9. The number of methoxy groups -OCH3 is 1. The number of aliphatic hydroxyl groups excluding tert-OH is 1. The molecule has 0 amide bonds. The van der Waals surface area contributed by atoms with Crippen molar-refractivity contribution in [2.75, 3.05) is 19.5 Å². The molecular weight excluding hydrogens is 550 g/mol. The molecule has 0 aliphatic carbocycles. The molecule has 3 heterocycles. The van der Waals surface area contributed by atoms with E-state index in [9.17, 15) is 14.5 Å². The Morgan fingerprint density at radius 2 is 2.00 bits per heavy atom. The van der Waals surface area contributed by atoms with Gasteiger partial charge in [-0.05, 0) is 39.8 Å². The van der Waals surface area contributed by atoms with Crippen molar-refractivity contribution in [2.24, 2.45) is 0 Å². The molecule has 16 heteroatoms. The minimum absolute atomic E-state index is 0.0791. The number of anilines is 1. The normalized spacial score (nSPS) is 25.1. The first-order valence-corrected chi connectivity index (χ1v) is 13.9. The highest BCUT2D eigenvalue weighted by molar-refractivity contribution is 7.52. The predicted molar refractivity (Wildman–Crippen MR) is 140 cm³/mol. The van der Waals surface area contributed by atoms with Gasteiger partial charge < -0.3 is 29.6 Å². The summed E-state index contributed by atoms with van der Waals surface area (Å²) in [5, 5.41) is 13.4. The first-order valence-electron chi connectivity index (χ1n) is 12.4. The van der Waals surface area contributed by atoms with Crippen molar-refractivity contribution in [1.29, 1.82) is 0 Å². The van der Waals surface area contributed by atoms with E-state index in [2.05, 4.69) is 20.0 Å². The first kappa shape index (κ1) is 29.6. The fourth-order valence-electron chi connectivity index (χ4n) is 4.08. The van der Waals surface area contributed by atoms with Crippen LogP contribution in [0, 0.1) is 0 Å². The lowest BCUT2D eigenvalue weighted by atomic mass is 9.98. The van der Waals surface area contributed by atoms with Crippen LogP contribution in [0.3, 0.4) is 0 Å². The molecule has 4 N–H and O–H groups in total. The number of nitrogens with one attached hydrogen (secondary N) is 1. The lowest BCUT2D eigenvalue weighted by Gasteiger charge is -2.25. The zero-order chi connectivity index (χ0) is 29.2. The quantitative estimate of drug-likeness (QED) is 0.222. The van der Waals surface area contributed by atoms with Crippen LogP contribution in [0.15, 0.2) is 36.7 Å². The van der Waals surface area contributed by atoms with Crippen LogP contribution in [-0.4, -0.2) is 74.3 Å². The third-order valence-electron chi connectivity index (χ3n) is 6.00. The highest BCUT2D eigenvalue weighted by atomic mass is 31.2. The second kappa shape index (κ2) is 11.6. The molecule has 3 aromatic rings. The van der Waals surface area contributed by atoms with Gasteiger partial charge in [0.2, 0.25) is 11.8 Å². The van der Waals surface area contributed by atoms with Gasteiger partial charge in [0.25, 0.3) is 0 Å². The molecule has 6 atom stereocenters. The topological polar surface area (TPSA) is 182 Å². The number of para-hydroxylation sites is 1. The van der Waals surface area contributed by atoms with E-state index in [4.69, 9.17) is 29.0 Å². The van der Waals surface area contributed by atoms with E-state index >= 15 is 4.39 Å². The number of imidazole rings is 1. The van der Waals surface area contributed by atoms with Crippen LogP contribution in [0.4, 0.5) is 10.3 Å². The number of carbonyl (C=O) groups excluding carboxylic acids is 1. The molecular formula is C24H32FN6O8P. The molecule has 1 unspecified atom stereocenters. The summed E-state index contributed by atoms with van der Waals surface area (Å²) in [5.74, 6) is -0.566. The number of aromatic nitrogens is 4. The Kier molecular flexibility index (Phi) is 8.61. The summed E-state index contributed by atoms with van der Waals surface area (Å²) in [6, 6.07) is 7.02. The van der Waals surface area contributed by atoms with Gasteiger partial charge in [-0.25, -0.2) is 13.9 Å². The van der Waals surface area contributed by atoms with E-state index in [1.54, 1.807) is 32.0 Å². The highest BCUT2D eigenvalue weighted by Crippen LogP contribution is 2.48. The number of benzene rings is 1. The summed E-state index contributed by atoms with van der Waals surface area (Å²) in [4.78, 5) is 24.6. The number of nitrogen functional groups attached to an aromatic ring is 1. The summed E-state index contributed by atoms with van der Waals surface area (Å²) in [5.41, 5.74) is 3.71. The molecule has 1 aromatic carbocycles. The number of hydrogen-bond donors (Lipinski definition) is 3. The lowest BCUT2D eigenvalue weighted by molar-refractivity contribution is -0.149. The number of nitrogens with zero attached hydrogens (tertiary/aromatic N) is 4. The lowest BCUT2D eigenvalue weighted by Crippen LogP contribution is -2.41. The molecule has 1 aliphatic heterocycles. The summed E-state index contributed by atoms with van der Waals surface area (Å²) in [6.45, 7) is 5.33. The van der Waals surface area contributed by atoms with Crippen LogP contribution in [0.2, 0.25) is 0 Å². The zero-order valence-corrected chi connectivity index (χ0v) is 23.4. The second-order valence-electron chi connectivity index (χ2n) is 9.57. The number of ether oxygens (including phenoxy) is 3. The second-order valence-corrected chi connectivity index (χ2v) is 11.3. The molecule has 14 nitrogen and oxygen atoms in total. The van der Waals surface area contributed by atoms with Crippen molar-refractivity contribution < 1.29 is 42.1 Å². The number of fused-ring (bicyclic) bond motifs is 1. The number of carbonyl (C=O) groups is 1. The first-order chi connectivity index (χ1) is 18.8. The van der Waals surface area contributed by atoms with Gasteiger partial charge in [-0.15, -0.1) is 0 Å². The Hall–Kier alpha value is -3.36. The number of rotatable bonds is 11. The van der Waals surface area contributed by atoms with Gasteiger partial charge in [0, 0.05) is 0 Å². The number of hydrogen-bond acceptors (Lipinski definition) is 12. The summed E-state index contributed by atoms with van der Waals surface area (Å²) < 4.78 is 58.3. The van der Waals surface area contributed by atoms with Crippen LogP contribution < -0.4 is 20.1 Å². The minimum Gasteiger partial charge on any atom is -0.479 e. The van der Waals surface area contributed by atoms with Crippen LogP contribution in [-0.2, 0) is 23.4 Å². The van der Waals surface area contributed by atoms with E-state index in [1.165, 1.54) is 37.1 Å². The van der Waals surface area contributed by atoms with Gasteiger partial charge in [0.1, 0.15) is 24.0 Å². The Labute approximate surface area is 229 Å². The van der Waals surface area contributed by atoms with Crippen LogP contribution in [0.1, 0.15) is 33.9 Å². The van der Waals surface area contributed by atoms with Crippen LogP contribution >= 0.6 is 7.75 Å².